The van der Waals surface area contributed by atoms with Gasteiger partial charge in [0.25, 0.3) is 0 Å². The molecule has 0 radical (unpaired) electrons. The SMILES string of the molecule is CCC(=O)N(c1nnc(SCC(=O)NCCCOC(C)C)s1)C1CC1. The van der Waals surface area contributed by atoms with Crippen LogP contribution in [-0.2, 0) is 14.3 Å². The topological polar surface area (TPSA) is 84.4 Å². The van der Waals surface area contributed by atoms with Crippen molar-refractivity contribution in [3.63, 3.8) is 0 Å². The third-order valence-corrected chi connectivity index (χ3v) is 5.56. The molecule has 1 saturated carbocycles. The van der Waals surface area contributed by atoms with Crippen LogP contribution in [0.25, 0.3) is 0 Å². The number of nitrogens with one attached hydrogen (secondary N) is 1. The molecule has 2 rings (SSSR count). The van der Waals surface area contributed by atoms with E-state index >= 15 is 0 Å². The highest BCUT2D eigenvalue weighted by atomic mass is 32.2. The van der Waals surface area contributed by atoms with Gasteiger partial charge in [-0.25, -0.2) is 0 Å². The Morgan fingerprint density at radius 2 is 2.16 bits per heavy atom. The fourth-order valence-electron chi connectivity index (χ4n) is 2.13. The summed E-state index contributed by atoms with van der Waals surface area (Å²) < 4.78 is 6.14. The van der Waals surface area contributed by atoms with Crippen molar-refractivity contribution < 1.29 is 14.3 Å². The van der Waals surface area contributed by atoms with Gasteiger partial charge in [-0.05, 0) is 33.1 Å². The van der Waals surface area contributed by atoms with Crippen molar-refractivity contribution in [2.24, 2.45) is 0 Å². The standard InChI is InChI=1S/C16H26N4O3S2/c1-4-14(22)20(12-6-7-12)15-18-19-16(25-15)24-10-13(21)17-8-5-9-23-11(2)3/h11-12H,4-10H2,1-3H3,(H,17,21). The molecule has 9 heteroatoms. The Labute approximate surface area is 156 Å². The third-order valence-electron chi connectivity index (χ3n) is 3.51. The first-order valence-corrected chi connectivity index (χ1v) is 10.5. The van der Waals surface area contributed by atoms with E-state index in [1.165, 1.54) is 23.1 Å². The van der Waals surface area contributed by atoms with Crippen LogP contribution in [0.1, 0.15) is 46.5 Å². The van der Waals surface area contributed by atoms with Crippen molar-refractivity contribution in [1.82, 2.24) is 15.5 Å². The predicted octanol–water partition coefficient (Wildman–Crippen LogP) is 2.47. The van der Waals surface area contributed by atoms with Gasteiger partial charge in [0.1, 0.15) is 0 Å². The number of carbonyl (C=O) groups is 2. The zero-order valence-corrected chi connectivity index (χ0v) is 16.6. The molecule has 25 heavy (non-hydrogen) atoms. The summed E-state index contributed by atoms with van der Waals surface area (Å²) in [7, 11) is 0. The van der Waals surface area contributed by atoms with Crippen LogP contribution in [-0.4, -0.2) is 53.1 Å². The summed E-state index contributed by atoms with van der Waals surface area (Å²) in [6.07, 6.45) is 3.52. The van der Waals surface area contributed by atoms with E-state index in [9.17, 15) is 9.59 Å². The molecular formula is C16H26N4O3S2. The lowest BCUT2D eigenvalue weighted by molar-refractivity contribution is -0.119. The molecule has 0 saturated heterocycles. The lowest BCUT2D eigenvalue weighted by Gasteiger charge is -2.17. The molecule has 140 valence electrons. The maximum absolute atomic E-state index is 12.1. The molecule has 1 aromatic heterocycles. The summed E-state index contributed by atoms with van der Waals surface area (Å²) in [4.78, 5) is 25.7. The Bertz CT molecular complexity index is 575. The van der Waals surface area contributed by atoms with Crippen LogP contribution in [0.4, 0.5) is 5.13 Å². The number of rotatable bonds is 11. The minimum Gasteiger partial charge on any atom is -0.379 e. The Kier molecular flexibility index (Phi) is 8.11. The molecule has 1 aliphatic rings. The molecule has 7 nitrogen and oxygen atoms in total. The molecule has 2 amide bonds. The van der Waals surface area contributed by atoms with Gasteiger partial charge in [0, 0.05) is 25.6 Å². The first-order chi connectivity index (χ1) is 12.0. The highest BCUT2D eigenvalue weighted by Gasteiger charge is 2.35. The first-order valence-electron chi connectivity index (χ1n) is 8.68. The minimum absolute atomic E-state index is 0.0324. The maximum atomic E-state index is 12.1. The quantitative estimate of drug-likeness (QED) is 0.357. The van der Waals surface area contributed by atoms with Gasteiger partial charge in [-0.15, -0.1) is 10.2 Å². The Morgan fingerprint density at radius 3 is 2.80 bits per heavy atom. The fourth-order valence-corrected chi connectivity index (χ4v) is 3.89. The zero-order valence-electron chi connectivity index (χ0n) is 15.0. The molecule has 0 aromatic carbocycles. The monoisotopic (exact) mass is 386 g/mol. The van der Waals surface area contributed by atoms with E-state index in [4.69, 9.17) is 4.74 Å². The second-order valence-corrected chi connectivity index (χ2v) is 8.29. The van der Waals surface area contributed by atoms with Gasteiger partial charge < -0.3 is 10.1 Å². The summed E-state index contributed by atoms with van der Waals surface area (Å²) in [5.41, 5.74) is 0. The van der Waals surface area contributed by atoms with Crippen molar-refractivity contribution in [1.29, 1.82) is 0 Å². The second-order valence-electron chi connectivity index (χ2n) is 6.11. The number of hydrogen-bond acceptors (Lipinski definition) is 7. The number of anilines is 1. The lowest BCUT2D eigenvalue weighted by Crippen LogP contribution is -2.32. The molecule has 1 fully saturated rings. The van der Waals surface area contributed by atoms with Gasteiger partial charge in [-0.2, -0.15) is 0 Å². The molecule has 1 heterocycles. The molecule has 0 aliphatic heterocycles. The molecule has 0 spiro atoms. The molecule has 0 unspecified atom stereocenters. The van der Waals surface area contributed by atoms with E-state index in [0.29, 0.717) is 34.8 Å². The summed E-state index contributed by atoms with van der Waals surface area (Å²) in [5, 5.41) is 11.7. The number of aromatic nitrogens is 2. The van der Waals surface area contributed by atoms with Gasteiger partial charge >= 0.3 is 0 Å². The van der Waals surface area contributed by atoms with E-state index in [1.807, 2.05) is 20.8 Å². The molecule has 1 N–H and O–H groups in total. The van der Waals surface area contributed by atoms with Gasteiger partial charge in [-0.1, -0.05) is 30.0 Å². The number of hydrogen-bond donors (Lipinski definition) is 1. The average Bonchev–Trinajstić information content (AvgIpc) is 3.30. The molecule has 1 aromatic rings. The summed E-state index contributed by atoms with van der Waals surface area (Å²) in [6.45, 7) is 7.08. The van der Waals surface area contributed by atoms with E-state index in [1.54, 1.807) is 4.90 Å². The number of thioether (sulfide) groups is 1. The van der Waals surface area contributed by atoms with Crippen molar-refractivity contribution in [3.05, 3.63) is 0 Å². The van der Waals surface area contributed by atoms with E-state index < -0.39 is 0 Å². The van der Waals surface area contributed by atoms with Crippen LogP contribution in [0, 0.1) is 0 Å². The zero-order chi connectivity index (χ0) is 18.2. The van der Waals surface area contributed by atoms with Crippen molar-refractivity contribution in [2.75, 3.05) is 23.8 Å². The van der Waals surface area contributed by atoms with E-state index in [2.05, 4.69) is 15.5 Å². The van der Waals surface area contributed by atoms with Crippen LogP contribution in [0.5, 0.6) is 0 Å². The Morgan fingerprint density at radius 1 is 1.40 bits per heavy atom. The highest BCUT2D eigenvalue weighted by molar-refractivity contribution is 8.01. The highest BCUT2D eigenvalue weighted by Crippen LogP contribution is 2.36. The molecule has 0 bridgehead atoms. The smallest absolute Gasteiger partial charge is 0.230 e. The first kappa shape index (κ1) is 20.1. The van der Waals surface area contributed by atoms with Crippen LogP contribution in [0.2, 0.25) is 0 Å². The average molecular weight is 387 g/mol. The number of amides is 2. The molecular weight excluding hydrogens is 360 g/mol. The van der Waals surface area contributed by atoms with Gasteiger partial charge in [0.05, 0.1) is 11.9 Å². The van der Waals surface area contributed by atoms with Crippen LogP contribution in [0.3, 0.4) is 0 Å². The largest absolute Gasteiger partial charge is 0.379 e. The van der Waals surface area contributed by atoms with Crippen LogP contribution in [0.15, 0.2) is 4.34 Å². The minimum atomic E-state index is -0.0324. The summed E-state index contributed by atoms with van der Waals surface area (Å²) >= 11 is 2.73. The van der Waals surface area contributed by atoms with E-state index in [-0.39, 0.29) is 24.0 Å². The summed E-state index contributed by atoms with van der Waals surface area (Å²) in [5.74, 6) is 0.344. The second kappa shape index (κ2) is 10.1. The Hall–Kier alpha value is -1.19. The molecule has 0 atom stereocenters. The fraction of sp³-hybridized carbons (Fsp3) is 0.750. The van der Waals surface area contributed by atoms with Crippen molar-refractivity contribution in [3.8, 4) is 0 Å². The van der Waals surface area contributed by atoms with Crippen LogP contribution >= 0.6 is 23.1 Å². The van der Waals surface area contributed by atoms with Crippen LogP contribution < -0.4 is 10.2 Å². The number of ether oxygens (including phenoxy) is 1. The number of nitrogens with zero attached hydrogens (tertiary/aromatic N) is 3. The summed E-state index contributed by atoms with van der Waals surface area (Å²) in [6, 6.07) is 0.273. The predicted molar refractivity (Wildman–Crippen MR) is 100 cm³/mol. The van der Waals surface area contributed by atoms with Crippen molar-refractivity contribution in [2.45, 2.75) is 62.9 Å². The van der Waals surface area contributed by atoms with Crippen molar-refractivity contribution >= 4 is 40.0 Å². The van der Waals surface area contributed by atoms with Gasteiger partial charge in [0.15, 0.2) is 4.34 Å². The van der Waals surface area contributed by atoms with Gasteiger partial charge in [0.2, 0.25) is 16.9 Å². The lowest BCUT2D eigenvalue weighted by atomic mass is 10.4. The van der Waals surface area contributed by atoms with E-state index in [0.717, 1.165) is 19.3 Å². The normalized spacial score (nSPS) is 13.9. The maximum Gasteiger partial charge on any atom is 0.230 e. The number of carbonyl (C=O) groups excluding carboxylic acids is 2. The van der Waals surface area contributed by atoms with Gasteiger partial charge in [-0.3, -0.25) is 14.5 Å². The molecule has 1 aliphatic carbocycles. The Balaban J connectivity index is 1.72. The third kappa shape index (κ3) is 6.91.